The molecule has 8 rings (SSSR count). The summed E-state index contributed by atoms with van der Waals surface area (Å²) >= 11 is 0. The van der Waals surface area contributed by atoms with Gasteiger partial charge in [-0.25, -0.2) is 9.97 Å². The second-order valence-corrected chi connectivity index (χ2v) is 11.4. The van der Waals surface area contributed by atoms with Crippen LogP contribution in [0, 0.1) is 0 Å². The SMILES string of the molecule is C=CCC1(CC=C)c2ccccc2-c2cccc(-c3c4nc(cc5ccc(cc6nc(cc7ccc3[nH]7)C=C6)[nH]5)C=C4)c21. The minimum Gasteiger partial charge on any atom is -0.355 e. The fourth-order valence-corrected chi connectivity index (χ4v) is 7.06. The first-order valence-electron chi connectivity index (χ1n) is 14.7. The quantitative estimate of drug-likeness (QED) is 0.208. The van der Waals surface area contributed by atoms with Crippen LogP contribution >= 0.6 is 0 Å². The molecule has 3 aromatic heterocycles. The number of nitrogens with zero attached hydrogens (tertiary/aromatic N) is 2. The van der Waals surface area contributed by atoms with Gasteiger partial charge in [-0.3, -0.25) is 0 Å². The average molecular weight is 555 g/mol. The van der Waals surface area contributed by atoms with Gasteiger partial charge in [-0.1, -0.05) is 54.6 Å². The van der Waals surface area contributed by atoms with Crippen molar-refractivity contribution in [2.24, 2.45) is 0 Å². The van der Waals surface area contributed by atoms with Gasteiger partial charge in [0.1, 0.15) is 0 Å². The van der Waals surface area contributed by atoms with Crippen molar-refractivity contribution in [1.82, 2.24) is 19.9 Å². The predicted octanol–water partition coefficient (Wildman–Crippen LogP) is 9.74. The molecule has 2 aliphatic heterocycles. The van der Waals surface area contributed by atoms with Crippen molar-refractivity contribution in [2.75, 3.05) is 0 Å². The first-order valence-corrected chi connectivity index (χ1v) is 14.7. The molecule has 0 unspecified atom stereocenters. The summed E-state index contributed by atoms with van der Waals surface area (Å²) in [6.07, 6.45) is 14.0. The van der Waals surface area contributed by atoms with Gasteiger partial charge in [0.25, 0.3) is 0 Å². The maximum Gasteiger partial charge on any atom is 0.0737 e. The van der Waals surface area contributed by atoms with Crippen molar-refractivity contribution >= 4 is 46.4 Å². The van der Waals surface area contributed by atoms with Crippen molar-refractivity contribution in [2.45, 2.75) is 18.3 Å². The predicted molar refractivity (Wildman–Crippen MR) is 180 cm³/mol. The second-order valence-electron chi connectivity index (χ2n) is 11.4. The Labute approximate surface area is 250 Å². The third-order valence-electron chi connectivity index (χ3n) is 8.75. The van der Waals surface area contributed by atoms with Crippen LogP contribution in [0.3, 0.4) is 0 Å². The molecule has 2 aromatic carbocycles. The number of allylic oxidation sites excluding steroid dienone is 2. The van der Waals surface area contributed by atoms with E-state index in [1.807, 2.05) is 6.08 Å². The van der Waals surface area contributed by atoms with Crippen LogP contribution in [0.25, 0.3) is 68.6 Å². The highest BCUT2D eigenvalue weighted by Crippen LogP contribution is 2.56. The van der Waals surface area contributed by atoms with E-state index in [2.05, 4.69) is 138 Å². The zero-order valence-corrected chi connectivity index (χ0v) is 23.8. The van der Waals surface area contributed by atoms with Crippen LogP contribution in [-0.4, -0.2) is 19.9 Å². The molecular formula is C39H30N4. The van der Waals surface area contributed by atoms with Gasteiger partial charge in [-0.2, -0.15) is 0 Å². The molecule has 5 aromatic rings. The molecule has 206 valence electrons. The summed E-state index contributed by atoms with van der Waals surface area (Å²) in [5.41, 5.74) is 14.8. The van der Waals surface area contributed by atoms with Gasteiger partial charge in [0, 0.05) is 33.0 Å². The molecule has 0 radical (unpaired) electrons. The van der Waals surface area contributed by atoms with Gasteiger partial charge in [-0.15, -0.1) is 13.2 Å². The van der Waals surface area contributed by atoms with Gasteiger partial charge in [0.15, 0.2) is 0 Å². The fourth-order valence-electron chi connectivity index (χ4n) is 7.06. The van der Waals surface area contributed by atoms with Crippen LogP contribution in [0.4, 0.5) is 0 Å². The lowest BCUT2D eigenvalue weighted by molar-refractivity contribution is 0.545. The van der Waals surface area contributed by atoms with Crippen molar-refractivity contribution in [3.63, 3.8) is 0 Å². The largest absolute Gasteiger partial charge is 0.355 e. The van der Waals surface area contributed by atoms with Crippen molar-refractivity contribution < 1.29 is 0 Å². The van der Waals surface area contributed by atoms with Gasteiger partial charge in [-0.05, 0) is 107 Å². The molecule has 4 nitrogen and oxygen atoms in total. The van der Waals surface area contributed by atoms with Gasteiger partial charge >= 0.3 is 0 Å². The lowest BCUT2D eigenvalue weighted by Crippen LogP contribution is -2.24. The van der Waals surface area contributed by atoms with Crippen LogP contribution in [0.15, 0.2) is 110 Å². The Morgan fingerprint density at radius 1 is 0.605 bits per heavy atom. The van der Waals surface area contributed by atoms with Crippen molar-refractivity contribution in [3.05, 3.63) is 144 Å². The third kappa shape index (κ3) is 4.06. The van der Waals surface area contributed by atoms with E-state index < -0.39 is 0 Å². The Hall–Kier alpha value is -5.48. The smallest absolute Gasteiger partial charge is 0.0737 e. The second kappa shape index (κ2) is 9.81. The van der Waals surface area contributed by atoms with E-state index in [1.165, 1.54) is 27.8 Å². The zero-order valence-electron chi connectivity index (χ0n) is 23.8. The average Bonchev–Trinajstić information content (AvgIpc) is 3.85. The first-order chi connectivity index (χ1) is 21.1. The standard InChI is InChI=1S/C39H30N4/c1-3-20-39(21-4-2)34-11-6-5-8-31(34)32-9-7-10-33(38(32)39)37-35-18-16-29(42-35)23-27-14-12-25(40-27)22-26-13-15-28(41-26)24-30-17-19-36(37)43-30/h3-19,22-24,40,43H,1-2,20-21H2. The highest BCUT2D eigenvalue weighted by Gasteiger charge is 2.43. The molecule has 2 N–H and O–H groups in total. The van der Waals surface area contributed by atoms with Gasteiger partial charge in [0.05, 0.1) is 22.8 Å². The highest BCUT2D eigenvalue weighted by molar-refractivity contribution is 5.97. The summed E-state index contributed by atoms with van der Waals surface area (Å²) in [6.45, 7) is 8.39. The van der Waals surface area contributed by atoms with E-state index in [9.17, 15) is 0 Å². The molecule has 0 saturated heterocycles. The molecule has 8 bridgehead atoms. The lowest BCUT2D eigenvalue weighted by Gasteiger charge is -2.32. The Morgan fingerprint density at radius 2 is 1.21 bits per heavy atom. The molecule has 0 amide bonds. The van der Waals surface area contributed by atoms with E-state index >= 15 is 0 Å². The number of benzene rings is 2. The number of aromatic nitrogens is 4. The topological polar surface area (TPSA) is 57.4 Å². The Morgan fingerprint density at radius 3 is 1.95 bits per heavy atom. The van der Waals surface area contributed by atoms with Crippen LogP contribution in [-0.2, 0) is 5.41 Å². The lowest BCUT2D eigenvalue weighted by atomic mass is 9.70. The summed E-state index contributed by atoms with van der Waals surface area (Å²) in [5.74, 6) is 0. The molecule has 0 saturated carbocycles. The van der Waals surface area contributed by atoms with Crippen LogP contribution < -0.4 is 0 Å². The number of nitrogens with one attached hydrogen (secondary N) is 2. The minimum atomic E-state index is -0.274. The van der Waals surface area contributed by atoms with Crippen LogP contribution in [0.1, 0.15) is 46.7 Å². The van der Waals surface area contributed by atoms with E-state index in [1.54, 1.807) is 0 Å². The maximum absolute atomic E-state index is 5.18. The van der Waals surface area contributed by atoms with Crippen molar-refractivity contribution in [3.8, 4) is 22.3 Å². The molecule has 3 aliphatic rings. The molecule has 43 heavy (non-hydrogen) atoms. The fraction of sp³-hybridized carbons (Fsp3) is 0.0769. The number of hydrogen-bond acceptors (Lipinski definition) is 2. The number of rotatable bonds is 5. The number of H-pyrrole nitrogens is 2. The maximum atomic E-state index is 5.18. The molecule has 0 spiro atoms. The van der Waals surface area contributed by atoms with E-state index in [0.29, 0.717) is 0 Å². The van der Waals surface area contributed by atoms with E-state index in [-0.39, 0.29) is 5.41 Å². The monoisotopic (exact) mass is 554 g/mol. The first kappa shape index (κ1) is 25.2. The van der Waals surface area contributed by atoms with Crippen LogP contribution in [0.2, 0.25) is 0 Å². The highest BCUT2D eigenvalue weighted by atomic mass is 14.8. The molecular weight excluding hydrogens is 524 g/mol. The minimum absolute atomic E-state index is 0.274. The van der Waals surface area contributed by atoms with Crippen molar-refractivity contribution in [1.29, 1.82) is 0 Å². The number of hydrogen-bond donors (Lipinski definition) is 2. The number of aromatic amines is 2. The summed E-state index contributed by atoms with van der Waals surface area (Å²) < 4.78 is 0. The Kier molecular flexibility index (Phi) is 5.76. The zero-order chi connectivity index (χ0) is 29.0. The van der Waals surface area contributed by atoms with E-state index in [4.69, 9.17) is 9.97 Å². The molecule has 0 fully saturated rings. The summed E-state index contributed by atoms with van der Waals surface area (Å²) in [5, 5.41) is 0. The number of fused-ring (bicyclic) bond motifs is 11. The summed E-state index contributed by atoms with van der Waals surface area (Å²) in [7, 11) is 0. The van der Waals surface area contributed by atoms with Gasteiger partial charge < -0.3 is 9.97 Å². The molecule has 1 aliphatic carbocycles. The summed E-state index contributed by atoms with van der Waals surface area (Å²) in [6, 6.07) is 30.1. The molecule has 5 heterocycles. The molecule has 4 heteroatoms. The van der Waals surface area contributed by atoms with E-state index in [0.717, 1.165) is 63.2 Å². The Bertz CT molecular complexity index is 2180. The normalized spacial score (nSPS) is 14.0. The summed E-state index contributed by atoms with van der Waals surface area (Å²) in [4.78, 5) is 17.2. The van der Waals surface area contributed by atoms with Gasteiger partial charge in [0.2, 0.25) is 0 Å². The third-order valence-corrected chi connectivity index (χ3v) is 8.75. The molecule has 0 atom stereocenters. The Balaban J connectivity index is 1.49. The van der Waals surface area contributed by atoms with Crippen LogP contribution in [0.5, 0.6) is 0 Å².